The highest BCUT2D eigenvalue weighted by Gasteiger charge is 2.36. The number of unbranched alkanes of at least 4 members (excludes halogenated alkanes) is 1. The van der Waals surface area contributed by atoms with E-state index in [-0.39, 0.29) is 4.75 Å². The lowest BCUT2D eigenvalue weighted by Gasteiger charge is -2.41. The fourth-order valence-corrected chi connectivity index (χ4v) is 4.18. The van der Waals surface area contributed by atoms with Gasteiger partial charge in [0.2, 0.25) is 0 Å². The predicted molar refractivity (Wildman–Crippen MR) is 92.0 cm³/mol. The van der Waals surface area contributed by atoms with Gasteiger partial charge in [-0.05, 0) is 44.5 Å². The van der Waals surface area contributed by atoms with Crippen molar-refractivity contribution in [2.24, 2.45) is 11.7 Å². The van der Waals surface area contributed by atoms with Crippen molar-refractivity contribution in [1.29, 1.82) is 0 Å². The Bertz CT molecular complexity index is 273. The van der Waals surface area contributed by atoms with Crippen molar-refractivity contribution in [3.8, 4) is 0 Å². The van der Waals surface area contributed by atoms with Gasteiger partial charge in [-0.1, -0.05) is 45.3 Å². The Hall–Kier alpha value is 0.200. The summed E-state index contributed by atoms with van der Waals surface area (Å²) in [5, 5.41) is 0. The van der Waals surface area contributed by atoms with Crippen LogP contribution in [-0.4, -0.2) is 40.5 Å². The normalized spacial score (nSPS) is 21.2. The lowest BCUT2D eigenvalue weighted by Crippen LogP contribution is -2.50. The smallest absolute Gasteiger partial charge is 0.0891 e. The third-order valence-corrected chi connectivity index (χ3v) is 6.49. The van der Waals surface area contributed by atoms with Crippen LogP contribution < -0.4 is 5.73 Å². The van der Waals surface area contributed by atoms with E-state index >= 15 is 0 Å². The first-order chi connectivity index (χ1) is 9.07. The molecule has 0 bridgehead atoms. The minimum atomic E-state index is 0.0664. The first kappa shape index (κ1) is 17.3. The number of hydrogen-bond donors (Lipinski definition) is 1. The van der Waals surface area contributed by atoms with Crippen molar-refractivity contribution in [3.63, 3.8) is 0 Å². The fourth-order valence-electron chi connectivity index (χ4n) is 2.93. The van der Waals surface area contributed by atoms with Crippen molar-refractivity contribution < 1.29 is 0 Å². The van der Waals surface area contributed by atoms with Crippen molar-refractivity contribution >= 4 is 29.0 Å². The highest BCUT2D eigenvalue weighted by molar-refractivity contribution is 8.02. The van der Waals surface area contributed by atoms with Crippen LogP contribution in [0.1, 0.15) is 52.4 Å². The SMILES string of the molecule is CCCCC(CC)CN1CCC(SC)(C(N)=S)CC1. The van der Waals surface area contributed by atoms with E-state index in [1.54, 1.807) is 0 Å². The van der Waals surface area contributed by atoms with Crippen molar-refractivity contribution in [2.75, 3.05) is 25.9 Å². The molecule has 0 radical (unpaired) electrons. The van der Waals surface area contributed by atoms with E-state index in [2.05, 4.69) is 25.0 Å². The Labute approximate surface area is 128 Å². The van der Waals surface area contributed by atoms with Gasteiger partial charge >= 0.3 is 0 Å². The minimum Gasteiger partial charge on any atom is -0.392 e. The summed E-state index contributed by atoms with van der Waals surface area (Å²) in [5.74, 6) is 0.867. The molecule has 2 nitrogen and oxygen atoms in total. The van der Waals surface area contributed by atoms with E-state index in [0.29, 0.717) is 4.99 Å². The molecule has 2 N–H and O–H groups in total. The molecule has 1 fully saturated rings. The molecular weight excluding hydrogens is 272 g/mol. The molecule has 0 aromatic heterocycles. The molecule has 1 saturated heterocycles. The molecule has 0 aliphatic carbocycles. The van der Waals surface area contributed by atoms with Crippen LogP contribution in [0.5, 0.6) is 0 Å². The van der Waals surface area contributed by atoms with Gasteiger partial charge in [-0.2, -0.15) is 11.8 Å². The molecule has 1 aliphatic heterocycles. The molecule has 4 heteroatoms. The molecule has 0 spiro atoms. The summed E-state index contributed by atoms with van der Waals surface area (Å²) in [6.45, 7) is 8.17. The lowest BCUT2D eigenvalue weighted by molar-refractivity contribution is 0.181. The van der Waals surface area contributed by atoms with Crippen molar-refractivity contribution in [3.05, 3.63) is 0 Å². The van der Waals surface area contributed by atoms with Crippen LogP contribution in [0.4, 0.5) is 0 Å². The first-order valence-electron chi connectivity index (χ1n) is 7.65. The number of nitrogens with zero attached hydrogens (tertiary/aromatic N) is 1. The van der Waals surface area contributed by atoms with E-state index < -0.39 is 0 Å². The van der Waals surface area contributed by atoms with Gasteiger partial charge in [0.1, 0.15) is 0 Å². The maximum atomic E-state index is 5.94. The summed E-state index contributed by atoms with van der Waals surface area (Å²) < 4.78 is 0.0664. The zero-order valence-corrected chi connectivity index (χ0v) is 14.4. The Morgan fingerprint density at radius 2 is 2.00 bits per heavy atom. The molecule has 1 heterocycles. The summed E-state index contributed by atoms with van der Waals surface area (Å²) in [6, 6.07) is 0. The van der Waals surface area contributed by atoms with E-state index in [0.717, 1.165) is 31.8 Å². The molecule has 1 aliphatic rings. The molecule has 0 aromatic carbocycles. The van der Waals surface area contributed by atoms with E-state index in [1.165, 1.54) is 32.2 Å². The number of thioether (sulfide) groups is 1. The maximum Gasteiger partial charge on any atom is 0.0891 e. The molecule has 0 amide bonds. The second kappa shape index (κ2) is 8.48. The number of rotatable bonds is 8. The zero-order chi connectivity index (χ0) is 14.3. The summed E-state index contributed by atoms with van der Waals surface area (Å²) in [7, 11) is 0. The van der Waals surface area contributed by atoms with E-state index in [1.807, 2.05) is 11.8 Å². The highest BCUT2D eigenvalue weighted by atomic mass is 32.2. The van der Waals surface area contributed by atoms with Crippen LogP contribution in [0.3, 0.4) is 0 Å². The van der Waals surface area contributed by atoms with Gasteiger partial charge in [0.25, 0.3) is 0 Å². The summed E-state index contributed by atoms with van der Waals surface area (Å²) in [6.07, 6.45) is 9.75. The Balaban J connectivity index is 2.42. The van der Waals surface area contributed by atoms with Gasteiger partial charge in [-0.25, -0.2) is 0 Å². The lowest BCUT2D eigenvalue weighted by atomic mass is 9.93. The van der Waals surface area contributed by atoms with E-state index in [9.17, 15) is 0 Å². The van der Waals surface area contributed by atoms with Crippen LogP contribution in [-0.2, 0) is 0 Å². The number of thiocarbonyl (C=S) groups is 1. The second-order valence-electron chi connectivity index (χ2n) is 5.78. The van der Waals surface area contributed by atoms with Gasteiger partial charge in [0, 0.05) is 6.54 Å². The molecule has 112 valence electrons. The van der Waals surface area contributed by atoms with Crippen LogP contribution in [0.25, 0.3) is 0 Å². The number of piperidine rings is 1. The fraction of sp³-hybridized carbons (Fsp3) is 0.933. The summed E-state index contributed by atoms with van der Waals surface area (Å²) >= 11 is 7.12. The van der Waals surface area contributed by atoms with Crippen molar-refractivity contribution in [2.45, 2.75) is 57.1 Å². The topological polar surface area (TPSA) is 29.3 Å². The minimum absolute atomic E-state index is 0.0664. The Kier molecular flexibility index (Phi) is 7.70. The van der Waals surface area contributed by atoms with Crippen LogP contribution in [0.2, 0.25) is 0 Å². The summed E-state index contributed by atoms with van der Waals surface area (Å²) in [4.78, 5) is 3.33. The van der Waals surface area contributed by atoms with Crippen LogP contribution in [0.15, 0.2) is 0 Å². The zero-order valence-electron chi connectivity index (χ0n) is 12.8. The first-order valence-corrected chi connectivity index (χ1v) is 9.28. The third-order valence-electron chi connectivity index (χ3n) is 4.56. The average Bonchev–Trinajstić information content (AvgIpc) is 2.44. The molecule has 19 heavy (non-hydrogen) atoms. The Morgan fingerprint density at radius 3 is 2.42 bits per heavy atom. The highest BCUT2D eigenvalue weighted by Crippen LogP contribution is 2.35. The molecule has 1 atom stereocenters. The number of likely N-dealkylation sites (tertiary alicyclic amines) is 1. The van der Waals surface area contributed by atoms with Gasteiger partial charge in [0.15, 0.2) is 0 Å². The van der Waals surface area contributed by atoms with Gasteiger partial charge in [-0.15, -0.1) is 0 Å². The standard InChI is InChI=1S/C15H30N2S2/c1-4-6-7-13(5-2)12-17-10-8-15(19-3,9-11-17)14(16)18/h13H,4-12H2,1-3H3,(H2,16,18). The predicted octanol–water partition coefficient (Wildman–Crippen LogP) is 3.69. The van der Waals surface area contributed by atoms with Gasteiger partial charge < -0.3 is 10.6 Å². The molecule has 1 rings (SSSR count). The number of nitrogens with two attached hydrogens (primary N) is 1. The third kappa shape index (κ3) is 4.91. The van der Waals surface area contributed by atoms with Crippen LogP contribution >= 0.6 is 24.0 Å². The molecule has 0 aromatic rings. The maximum absolute atomic E-state index is 5.94. The van der Waals surface area contributed by atoms with Gasteiger partial charge in [-0.3, -0.25) is 0 Å². The Morgan fingerprint density at radius 1 is 1.37 bits per heavy atom. The summed E-state index contributed by atoms with van der Waals surface area (Å²) in [5.41, 5.74) is 5.94. The van der Waals surface area contributed by atoms with Crippen molar-refractivity contribution in [1.82, 2.24) is 4.90 Å². The van der Waals surface area contributed by atoms with Crippen LogP contribution in [0, 0.1) is 5.92 Å². The molecule has 1 unspecified atom stereocenters. The van der Waals surface area contributed by atoms with Gasteiger partial charge in [0.05, 0.1) is 9.74 Å². The number of hydrogen-bond acceptors (Lipinski definition) is 3. The average molecular weight is 303 g/mol. The quantitative estimate of drug-likeness (QED) is 0.693. The second-order valence-corrected chi connectivity index (χ2v) is 7.41. The van der Waals surface area contributed by atoms with E-state index in [4.69, 9.17) is 18.0 Å². The largest absolute Gasteiger partial charge is 0.392 e. The molecular formula is C15H30N2S2. The monoisotopic (exact) mass is 302 g/mol. The molecule has 0 saturated carbocycles.